The summed E-state index contributed by atoms with van der Waals surface area (Å²) in [6.45, 7) is 6.55. The van der Waals surface area contributed by atoms with Crippen LogP contribution in [0.2, 0.25) is 0 Å². The Balaban J connectivity index is 1.49. The highest BCUT2D eigenvalue weighted by Gasteiger charge is 2.25. The average Bonchev–Trinajstić information content (AvgIpc) is 3.17. The molecule has 1 atom stereocenters. The first-order valence-electron chi connectivity index (χ1n) is 8.41. The Morgan fingerprint density at radius 2 is 2.30 bits per heavy atom. The molecule has 3 rings (SSSR count). The van der Waals surface area contributed by atoms with E-state index in [4.69, 9.17) is 0 Å². The van der Waals surface area contributed by atoms with E-state index in [2.05, 4.69) is 28.3 Å². The van der Waals surface area contributed by atoms with Gasteiger partial charge < -0.3 is 4.90 Å². The van der Waals surface area contributed by atoms with E-state index in [1.165, 1.54) is 0 Å². The van der Waals surface area contributed by atoms with Crippen LogP contribution in [0.1, 0.15) is 48.7 Å². The number of aromatic nitrogens is 4. The molecule has 2 aromatic rings. The number of hydrogen-bond donors (Lipinski definition) is 1. The van der Waals surface area contributed by atoms with E-state index in [0.717, 1.165) is 56.0 Å². The van der Waals surface area contributed by atoms with Crippen LogP contribution in [-0.4, -0.2) is 43.9 Å². The predicted molar refractivity (Wildman–Crippen MR) is 88.1 cm³/mol. The lowest BCUT2D eigenvalue weighted by Gasteiger charge is -2.32. The third-order valence-corrected chi connectivity index (χ3v) is 4.60. The number of carbonyl (C=O) groups excluding carboxylic acids is 1. The highest BCUT2D eigenvalue weighted by Crippen LogP contribution is 2.25. The molecule has 0 spiro atoms. The van der Waals surface area contributed by atoms with Crippen LogP contribution >= 0.6 is 0 Å². The summed E-state index contributed by atoms with van der Waals surface area (Å²) in [4.78, 5) is 14.5. The van der Waals surface area contributed by atoms with Gasteiger partial charge in [0.15, 0.2) is 0 Å². The maximum Gasteiger partial charge on any atom is 0.222 e. The first-order valence-corrected chi connectivity index (χ1v) is 8.41. The van der Waals surface area contributed by atoms with Crippen molar-refractivity contribution in [2.45, 2.75) is 52.0 Å². The van der Waals surface area contributed by atoms with Gasteiger partial charge in [0.2, 0.25) is 5.91 Å². The van der Waals surface area contributed by atoms with E-state index in [9.17, 15) is 4.79 Å². The van der Waals surface area contributed by atoms with Crippen LogP contribution in [0.5, 0.6) is 0 Å². The zero-order valence-electron chi connectivity index (χ0n) is 14.0. The Bertz CT molecular complexity index is 646. The van der Waals surface area contributed by atoms with E-state index in [1.807, 2.05) is 22.6 Å². The highest BCUT2D eigenvalue weighted by atomic mass is 16.2. The lowest BCUT2D eigenvalue weighted by molar-refractivity contribution is -0.132. The Labute approximate surface area is 136 Å². The lowest BCUT2D eigenvalue weighted by atomic mass is 9.94. The van der Waals surface area contributed by atoms with Gasteiger partial charge in [-0.25, -0.2) is 0 Å². The summed E-state index contributed by atoms with van der Waals surface area (Å²) >= 11 is 0. The Morgan fingerprint density at radius 3 is 3.00 bits per heavy atom. The van der Waals surface area contributed by atoms with Gasteiger partial charge in [0.05, 0.1) is 5.69 Å². The topological polar surface area (TPSA) is 66.8 Å². The Hall–Kier alpha value is -2.11. The maximum absolute atomic E-state index is 12.5. The molecule has 1 fully saturated rings. The minimum atomic E-state index is 0.260. The zero-order chi connectivity index (χ0) is 16.2. The number of nitrogens with zero attached hydrogens (tertiary/aromatic N) is 4. The molecule has 3 heterocycles. The van der Waals surface area contributed by atoms with Gasteiger partial charge in [-0.15, -0.1) is 0 Å². The molecule has 0 aliphatic carbocycles. The van der Waals surface area contributed by atoms with Gasteiger partial charge in [-0.05, 0) is 45.2 Å². The molecule has 6 nitrogen and oxygen atoms in total. The second-order valence-electron chi connectivity index (χ2n) is 6.44. The van der Waals surface area contributed by atoms with Gasteiger partial charge >= 0.3 is 0 Å². The van der Waals surface area contributed by atoms with Gasteiger partial charge in [-0.2, -0.15) is 10.2 Å². The molecule has 1 saturated heterocycles. The number of hydrogen-bond acceptors (Lipinski definition) is 3. The van der Waals surface area contributed by atoms with Gasteiger partial charge in [-0.1, -0.05) is 0 Å². The van der Waals surface area contributed by atoms with Crippen LogP contribution in [0.25, 0.3) is 0 Å². The molecule has 1 aliphatic heterocycles. The number of carbonyl (C=O) groups is 1. The Morgan fingerprint density at radius 1 is 1.43 bits per heavy atom. The van der Waals surface area contributed by atoms with Crippen molar-refractivity contribution in [3.8, 4) is 0 Å². The number of nitrogens with one attached hydrogen (secondary N) is 1. The van der Waals surface area contributed by atoms with Gasteiger partial charge in [-0.3, -0.25) is 14.6 Å². The fourth-order valence-corrected chi connectivity index (χ4v) is 3.39. The number of H-pyrrole nitrogens is 1. The van der Waals surface area contributed by atoms with Crippen molar-refractivity contribution >= 4 is 5.91 Å². The van der Waals surface area contributed by atoms with Crippen LogP contribution in [0, 0.1) is 13.8 Å². The minimum absolute atomic E-state index is 0.260. The van der Waals surface area contributed by atoms with Crippen molar-refractivity contribution in [2.24, 2.45) is 0 Å². The molecule has 0 bridgehead atoms. The second kappa shape index (κ2) is 6.98. The normalized spacial score (nSPS) is 18.3. The molecule has 0 aromatic carbocycles. The predicted octanol–water partition coefficient (Wildman–Crippen LogP) is 2.41. The highest BCUT2D eigenvalue weighted by molar-refractivity contribution is 5.76. The summed E-state index contributed by atoms with van der Waals surface area (Å²) in [5.74, 6) is 0.655. The largest absolute Gasteiger partial charge is 0.342 e. The third-order valence-electron chi connectivity index (χ3n) is 4.60. The molecule has 124 valence electrons. The van der Waals surface area contributed by atoms with Crippen molar-refractivity contribution in [3.05, 3.63) is 35.4 Å². The summed E-state index contributed by atoms with van der Waals surface area (Å²) in [6, 6.07) is 4.09. The zero-order valence-corrected chi connectivity index (χ0v) is 14.0. The summed E-state index contributed by atoms with van der Waals surface area (Å²) in [5, 5.41) is 11.5. The van der Waals surface area contributed by atoms with Crippen LogP contribution in [0.4, 0.5) is 0 Å². The van der Waals surface area contributed by atoms with Crippen LogP contribution < -0.4 is 0 Å². The van der Waals surface area contributed by atoms with Crippen molar-refractivity contribution < 1.29 is 4.79 Å². The molecule has 6 heteroatoms. The van der Waals surface area contributed by atoms with Crippen molar-refractivity contribution in [1.82, 2.24) is 24.9 Å². The molecular weight excluding hydrogens is 290 g/mol. The monoisotopic (exact) mass is 315 g/mol. The number of piperidine rings is 1. The molecule has 1 N–H and O–H groups in total. The quantitative estimate of drug-likeness (QED) is 0.921. The molecule has 23 heavy (non-hydrogen) atoms. The first kappa shape index (κ1) is 15.8. The average molecular weight is 315 g/mol. The molecule has 0 radical (unpaired) electrons. The van der Waals surface area contributed by atoms with Crippen LogP contribution in [-0.2, 0) is 11.3 Å². The number of aromatic amines is 1. The molecular formula is C17H25N5O. The summed E-state index contributed by atoms with van der Waals surface area (Å²) in [7, 11) is 0. The number of rotatable bonds is 5. The second-order valence-corrected chi connectivity index (χ2v) is 6.44. The van der Waals surface area contributed by atoms with Crippen LogP contribution in [0.15, 0.2) is 18.3 Å². The molecule has 1 aliphatic rings. The van der Waals surface area contributed by atoms with E-state index in [-0.39, 0.29) is 5.91 Å². The third kappa shape index (κ3) is 3.81. The molecule has 1 amide bonds. The maximum atomic E-state index is 12.5. The lowest BCUT2D eigenvalue weighted by Crippen LogP contribution is -2.39. The van der Waals surface area contributed by atoms with Gasteiger partial charge in [0, 0.05) is 49.6 Å². The van der Waals surface area contributed by atoms with E-state index >= 15 is 0 Å². The van der Waals surface area contributed by atoms with E-state index in [1.54, 1.807) is 6.20 Å². The van der Waals surface area contributed by atoms with Crippen LogP contribution in [0.3, 0.4) is 0 Å². The smallest absolute Gasteiger partial charge is 0.222 e. The van der Waals surface area contributed by atoms with Crippen molar-refractivity contribution in [1.29, 1.82) is 0 Å². The van der Waals surface area contributed by atoms with Crippen molar-refractivity contribution in [3.63, 3.8) is 0 Å². The summed E-state index contributed by atoms with van der Waals surface area (Å²) in [6.07, 6.45) is 5.40. The molecule has 0 unspecified atom stereocenters. The van der Waals surface area contributed by atoms with E-state index in [0.29, 0.717) is 12.3 Å². The summed E-state index contributed by atoms with van der Waals surface area (Å²) < 4.78 is 1.99. The summed E-state index contributed by atoms with van der Waals surface area (Å²) in [5.41, 5.74) is 3.34. The van der Waals surface area contributed by atoms with Gasteiger partial charge in [0.1, 0.15) is 0 Å². The molecule has 0 saturated carbocycles. The fraction of sp³-hybridized carbons (Fsp3) is 0.588. The van der Waals surface area contributed by atoms with Crippen molar-refractivity contribution in [2.75, 3.05) is 13.1 Å². The standard InChI is InChI=1S/C17H25N5O/c1-13-11-14(2)22(20-13)10-4-6-17(23)21-9-3-5-15(12-21)16-7-8-18-19-16/h7-8,11,15H,3-6,9-10,12H2,1-2H3,(H,18,19)/t15-/m1/s1. The SMILES string of the molecule is Cc1cc(C)n(CCCC(=O)N2CCC[C@@H](c3ccn[nH]3)C2)n1. The minimum Gasteiger partial charge on any atom is -0.342 e. The first-order chi connectivity index (χ1) is 11.1. The van der Waals surface area contributed by atoms with E-state index < -0.39 is 0 Å². The fourth-order valence-electron chi connectivity index (χ4n) is 3.39. The van der Waals surface area contributed by atoms with Gasteiger partial charge in [0.25, 0.3) is 0 Å². The Kier molecular flexibility index (Phi) is 4.79. The molecule has 2 aromatic heterocycles. The number of amides is 1. The number of likely N-dealkylation sites (tertiary alicyclic amines) is 1. The number of aryl methyl sites for hydroxylation is 3.